The van der Waals surface area contributed by atoms with Gasteiger partial charge in [0.15, 0.2) is 5.96 Å². The normalized spacial score (nSPS) is 15.1. The predicted octanol–water partition coefficient (Wildman–Crippen LogP) is -2.64. The second kappa shape index (κ2) is 15.7. The van der Waals surface area contributed by atoms with Crippen molar-refractivity contribution in [2.45, 2.75) is 63.7 Å². The smallest absolute Gasteiger partial charge is 0.326 e. The number of aliphatic imine (C=N–C) groups is 1. The summed E-state index contributed by atoms with van der Waals surface area (Å²) < 4.78 is 0. The Morgan fingerprint density at radius 2 is 1.53 bits per heavy atom. The largest absolute Gasteiger partial charge is 0.481 e. The number of carbonyl (C=O) groups is 5. The van der Waals surface area contributed by atoms with Crippen LogP contribution in [0.5, 0.6) is 0 Å². The van der Waals surface area contributed by atoms with Gasteiger partial charge in [0, 0.05) is 12.3 Å². The second-order valence-corrected chi connectivity index (χ2v) is 8.03. The molecule has 0 saturated carbocycles. The van der Waals surface area contributed by atoms with Crippen LogP contribution in [0.4, 0.5) is 0 Å². The number of guanidine groups is 1. The topological polar surface area (TPSA) is 252 Å². The molecular formula is C19H35N7O7S. The highest BCUT2D eigenvalue weighted by Gasteiger charge is 2.32. The third-order valence-electron chi connectivity index (χ3n) is 4.90. The van der Waals surface area contributed by atoms with E-state index in [1.165, 1.54) is 0 Å². The maximum absolute atomic E-state index is 12.9. The summed E-state index contributed by atoms with van der Waals surface area (Å²) in [5, 5.41) is 25.5. The Morgan fingerprint density at radius 1 is 0.971 bits per heavy atom. The van der Waals surface area contributed by atoms with Crippen LogP contribution >= 0.6 is 12.6 Å². The average molecular weight is 506 g/mol. The van der Waals surface area contributed by atoms with E-state index in [-0.39, 0.29) is 31.1 Å². The van der Waals surface area contributed by atoms with Crippen molar-refractivity contribution in [3.63, 3.8) is 0 Å². The quantitative estimate of drug-likeness (QED) is 0.0456. The number of hydrogen-bond donors (Lipinski definition) is 9. The van der Waals surface area contributed by atoms with Crippen LogP contribution in [0.2, 0.25) is 0 Å². The van der Waals surface area contributed by atoms with Crippen molar-refractivity contribution in [2.24, 2.45) is 28.1 Å². The molecule has 15 heteroatoms. The molecule has 0 aromatic rings. The van der Waals surface area contributed by atoms with Gasteiger partial charge in [-0.3, -0.25) is 24.2 Å². The Labute approximate surface area is 202 Å². The van der Waals surface area contributed by atoms with E-state index in [9.17, 15) is 34.2 Å². The van der Waals surface area contributed by atoms with Crippen molar-refractivity contribution in [1.82, 2.24) is 16.0 Å². The van der Waals surface area contributed by atoms with Crippen LogP contribution < -0.4 is 33.2 Å². The van der Waals surface area contributed by atoms with Crippen molar-refractivity contribution in [2.75, 3.05) is 12.3 Å². The lowest BCUT2D eigenvalue weighted by atomic mass is 9.98. The first-order valence-corrected chi connectivity index (χ1v) is 11.2. The molecule has 11 N–H and O–H groups in total. The predicted molar refractivity (Wildman–Crippen MR) is 127 cm³/mol. The molecule has 0 radical (unpaired) electrons. The average Bonchev–Trinajstić information content (AvgIpc) is 2.76. The Morgan fingerprint density at radius 3 is 2.00 bits per heavy atom. The molecule has 0 aliphatic carbocycles. The number of hydrogen-bond acceptors (Lipinski definition) is 8. The first kappa shape index (κ1) is 30.9. The number of amides is 3. The number of aliphatic carboxylic acids is 2. The number of thiol groups is 1. The minimum absolute atomic E-state index is 0.00437. The first-order chi connectivity index (χ1) is 15.8. The van der Waals surface area contributed by atoms with Crippen molar-refractivity contribution in [1.29, 1.82) is 0 Å². The standard InChI is InChI=1S/C19H35N7O7S/c1-3-9(2)14(18(32)33)26-17(31)12(7-13(27)28)25-16(30)11(5-4-6-23-19(21)22)24-15(29)10(20)8-34/h9-12,14,34H,3-8,20H2,1-2H3,(H,24,29)(H,25,30)(H,26,31)(H,27,28)(H,32,33)(H4,21,22,23). The van der Waals surface area contributed by atoms with E-state index >= 15 is 0 Å². The molecule has 0 aliphatic rings. The number of carboxylic acid groups (broad SMARTS) is 2. The van der Waals surface area contributed by atoms with Crippen LogP contribution in [0.1, 0.15) is 39.5 Å². The van der Waals surface area contributed by atoms with Crippen LogP contribution in [-0.2, 0) is 24.0 Å². The molecular weight excluding hydrogens is 470 g/mol. The van der Waals surface area contributed by atoms with Crippen molar-refractivity contribution in [3.05, 3.63) is 0 Å². The summed E-state index contributed by atoms with van der Waals surface area (Å²) in [5.41, 5.74) is 16.1. The van der Waals surface area contributed by atoms with Crippen molar-refractivity contribution < 1.29 is 34.2 Å². The molecule has 14 nitrogen and oxygen atoms in total. The van der Waals surface area contributed by atoms with Crippen molar-refractivity contribution >= 4 is 48.2 Å². The van der Waals surface area contributed by atoms with E-state index in [1.807, 2.05) is 0 Å². The number of nitrogens with two attached hydrogens (primary N) is 3. The fourth-order valence-corrected chi connectivity index (χ4v) is 2.89. The Bertz CT molecular complexity index is 761. The zero-order valence-electron chi connectivity index (χ0n) is 19.2. The zero-order valence-corrected chi connectivity index (χ0v) is 20.1. The van der Waals surface area contributed by atoms with Gasteiger partial charge in [-0.25, -0.2) is 4.79 Å². The van der Waals surface area contributed by atoms with Crippen LogP contribution in [-0.4, -0.2) is 82.3 Å². The monoisotopic (exact) mass is 505 g/mol. The van der Waals surface area contributed by atoms with Gasteiger partial charge in [0.1, 0.15) is 18.1 Å². The number of nitrogens with one attached hydrogen (secondary N) is 3. The summed E-state index contributed by atoms with van der Waals surface area (Å²) in [4.78, 5) is 64.3. The molecule has 0 heterocycles. The molecule has 34 heavy (non-hydrogen) atoms. The van der Waals surface area contributed by atoms with Gasteiger partial charge >= 0.3 is 11.9 Å². The Balaban J connectivity index is 5.60. The molecule has 0 bridgehead atoms. The van der Waals surface area contributed by atoms with Gasteiger partial charge in [-0.2, -0.15) is 12.6 Å². The van der Waals surface area contributed by atoms with Gasteiger partial charge in [-0.1, -0.05) is 20.3 Å². The first-order valence-electron chi connectivity index (χ1n) is 10.6. The third kappa shape index (κ3) is 11.7. The molecule has 0 spiro atoms. The lowest BCUT2D eigenvalue weighted by molar-refractivity contribution is -0.144. The number of rotatable bonds is 16. The fraction of sp³-hybridized carbons (Fsp3) is 0.684. The van der Waals surface area contributed by atoms with Crippen LogP contribution in [0, 0.1) is 5.92 Å². The summed E-state index contributed by atoms with van der Waals surface area (Å²) >= 11 is 3.93. The summed E-state index contributed by atoms with van der Waals surface area (Å²) in [6.45, 7) is 3.49. The van der Waals surface area contributed by atoms with Gasteiger partial charge in [-0.15, -0.1) is 0 Å². The Kier molecular flexibility index (Phi) is 14.3. The summed E-state index contributed by atoms with van der Waals surface area (Å²) in [5.74, 6) is -5.83. The highest BCUT2D eigenvalue weighted by atomic mass is 32.1. The number of nitrogens with zero attached hydrogens (tertiary/aromatic N) is 1. The summed E-state index contributed by atoms with van der Waals surface area (Å²) in [6.07, 6.45) is -0.0747. The minimum Gasteiger partial charge on any atom is -0.481 e. The zero-order chi connectivity index (χ0) is 26.4. The van der Waals surface area contributed by atoms with Crippen LogP contribution in [0.15, 0.2) is 4.99 Å². The lowest BCUT2D eigenvalue weighted by Gasteiger charge is -2.26. The third-order valence-corrected chi connectivity index (χ3v) is 5.29. The van der Waals surface area contributed by atoms with Gasteiger partial charge in [0.05, 0.1) is 12.5 Å². The van der Waals surface area contributed by atoms with Gasteiger partial charge in [0.2, 0.25) is 17.7 Å². The molecule has 0 fully saturated rings. The van der Waals surface area contributed by atoms with Crippen LogP contribution in [0.25, 0.3) is 0 Å². The molecule has 194 valence electrons. The van der Waals surface area contributed by atoms with Gasteiger partial charge < -0.3 is 43.4 Å². The molecule has 5 atom stereocenters. The number of carbonyl (C=O) groups excluding carboxylic acids is 3. The molecule has 0 rings (SSSR count). The van der Waals surface area contributed by atoms with E-state index in [2.05, 4.69) is 33.6 Å². The lowest BCUT2D eigenvalue weighted by Crippen LogP contribution is -2.58. The van der Waals surface area contributed by atoms with Crippen LogP contribution in [0.3, 0.4) is 0 Å². The van der Waals surface area contributed by atoms with Crippen molar-refractivity contribution in [3.8, 4) is 0 Å². The maximum Gasteiger partial charge on any atom is 0.326 e. The number of carboxylic acids is 2. The molecule has 0 saturated heterocycles. The molecule has 0 aromatic carbocycles. The molecule has 3 amide bonds. The van der Waals surface area contributed by atoms with Gasteiger partial charge in [-0.05, 0) is 18.8 Å². The van der Waals surface area contributed by atoms with E-state index in [1.54, 1.807) is 13.8 Å². The van der Waals surface area contributed by atoms with E-state index in [4.69, 9.17) is 17.2 Å². The van der Waals surface area contributed by atoms with E-state index < -0.39 is 66.2 Å². The summed E-state index contributed by atoms with van der Waals surface area (Å²) in [6, 6.07) is -5.08. The Hall–Kier alpha value is -3.07. The molecule has 0 aromatic heterocycles. The van der Waals surface area contributed by atoms with Gasteiger partial charge in [0.25, 0.3) is 0 Å². The summed E-state index contributed by atoms with van der Waals surface area (Å²) in [7, 11) is 0. The highest BCUT2D eigenvalue weighted by molar-refractivity contribution is 7.80. The molecule has 5 unspecified atom stereocenters. The maximum atomic E-state index is 12.9. The van der Waals surface area contributed by atoms with E-state index in [0.29, 0.717) is 6.42 Å². The minimum atomic E-state index is -1.59. The molecule has 0 aliphatic heterocycles. The highest BCUT2D eigenvalue weighted by Crippen LogP contribution is 2.09. The SMILES string of the molecule is CCC(C)C(NC(=O)C(CC(=O)O)NC(=O)C(CCCN=C(N)N)NC(=O)C(N)CS)C(=O)O. The fourth-order valence-electron chi connectivity index (χ4n) is 2.73. The second-order valence-electron chi connectivity index (χ2n) is 7.67. The van der Waals surface area contributed by atoms with E-state index in [0.717, 1.165) is 0 Å².